The van der Waals surface area contributed by atoms with Gasteiger partial charge in [0, 0.05) is 38.7 Å². The summed E-state index contributed by atoms with van der Waals surface area (Å²) in [6.45, 7) is 7.13. The molecule has 1 aromatic carbocycles. The fourth-order valence-electron chi connectivity index (χ4n) is 3.18. The van der Waals surface area contributed by atoms with Crippen molar-refractivity contribution in [2.24, 2.45) is 0 Å². The predicted octanol–water partition coefficient (Wildman–Crippen LogP) is 0.954. The molecule has 1 aromatic rings. The van der Waals surface area contributed by atoms with E-state index in [1.54, 1.807) is 6.92 Å². The summed E-state index contributed by atoms with van der Waals surface area (Å²) in [6, 6.07) is 5.89. The molecule has 2 atom stereocenters. The first-order chi connectivity index (χ1) is 10.1. The van der Waals surface area contributed by atoms with E-state index >= 15 is 0 Å². The lowest BCUT2D eigenvalue weighted by Crippen LogP contribution is -2.55. The van der Waals surface area contributed by atoms with Crippen LogP contribution in [-0.4, -0.2) is 59.6 Å². The fraction of sp³-hybridized carbons (Fsp3) is 0.562. The van der Waals surface area contributed by atoms with E-state index in [2.05, 4.69) is 4.90 Å². The Hall–Kier alpha value is -1.59. The standard InChI is InChI=1S/C16H22N2O3/c1-11-3-4-15-13(9-11)16(20)14(10-21-15)18-7-5-17(6-8-18)12(2)19/h3-4,9,14,16,20H,5-8,10H2,1-2H3. The molecular weight excluding hydrogens is 268 g/mol. The number of aliphatic hydroxyl groups is 1. The molecule has 1 fully saturated rings. The maximum absolute atomic E-state index is 11.4. The lowest BCUT2D eigenvalue weighted by molar-refractivity contribution is -0.131. The van der Waals surface area contributed by atoms with Crippen molar-refractivity contribution in [1.82, 2.24) is 9.80 Å². The normalized spacial score (nSPS) is 26.1. The number of hydrogen-bond donors (Lipinski definition) is 1. The molecule has 1 saturated heterocycles. The molecule has 0 saturated carbocycles. The topological polar surface area (TPSA) is 53.0 Å². The number of fused-ring (bicyclic) bond motifs is 1. The Balaban J connectivity index is 1.72. The van der Waals surface area contributed by atoms with Crippen molar-refractivity contribution in [3.63, 3.8) is 0 Å². The third-order valence-electron chi connectivity index (χ3n) is 4.49. The Kier molecular flexibility index (Phi) is 3.87. The highest BCUT2D eigenvalue weighted by atomic mass is 16.5. The number of benzene rings is 1. The fourth-order valence-corrected chi connectivity index (χ4v) is 3.18. The zero-order valence-corrected chi connectivity index (χ0v) is 12.6. The van der Waals surface area contributed by atoms with Crippen molar-refractivity contribution >= 4 is 5.91 Å². The molecule has 0 bridgehead atoms. The summed E-state index contributed by atoms with van der Waals surface area (Å²) >= 11 is 0. The molecule has 3 rings (SSSR count). The Morgan fingerprint density at radius 2 is 2.00 bits per heavy atom. The number of aliphatic hydroxyl groups excluding tert-OH is 1. The number of nitrogens with zero attached hydrogens (tertiary/aromatic N) is 2. The molecule has 0 spiro atoms. The molecule has 1 amide bonds. The van der Waals surface area contributed by atoms with E-state index < -0.39 is 6.10 Å². The van der Waals surface area contributed by atoms with Crippen LogP contribution in [-0.2, 0) is 4.79 Å². The van der Waals surface area contributed by atoms with Crippen LogP contribution in [0.5, 0.6) is 5.75 Å². The van der Waals surface area contributed by atoms with Crippen molar-refractivity contribution in [2.75, 3.05) is 32.8 Å². The molecule has 2 aliphatic rings. The number of hydrogen-bond acceptors (Lipinski definition) is 4. The first kappa shape index (κ1) is 14.4. The van der Waals surface area contributed by atoms with Crippen LogP contribution >= 0.6 is 0 Å². The number of ether oxygens (including phenoxy) is 1. The van der Waals surface area contributed by atoms with Crippen LogP contribution in [0.15, 0.2) is 18.2 Å². The maximum atomic E-state index is 11.4. The molecule has 21 heavy (non-hydrogen) atoms. The summed E-state index contributed by atoms with van der Waals surface area (Å²) in [5, 5.41) is 10.7. The molecule has 2 unspecified atom stereocenters. The van der Waals surface area contributed by atoms with Crippen LogP contribution in [0.4, 0.5) is 0 Å². The van der Waals surface area contributed by atoms with Crippen LogP contribution in [0.25, 0.3) is 0 Å². The Bertz CT molecular complexity index is 538. The van der Waals surface area contributed by atoms with Gasteiger partial charge in [-0.05, 0) is 19.1 Å². The van der Waals surface area contributed by atoms with Crippen LogP contribution < -0.4 is 4.74 Å². The second kappa shape index (κ2) is 5.66. The van der Waals surface area contributed by atoms with Gasteiger partial charge in [-0.3, -0.25) is 9.69 Å². The predicted molar refractivity (Wildman–Crippen MR) is 79.2 cm³/mol. The van der Waals surface area contributed by atoms with Crippen LogP contribution in [0, 0.1) is 6.92 Å². The summed E-state index contributed by atoms with van der Waals surface area (Å²) in [5.41, 5.74) is 2.00. The highest BCUT2D eigenvalue weighted by molar-refractivity contribution is 5.73. The molecule has 0 aromatic heterocycles. The zero-order valence-electron chi connectivity index (χ0n) is 12.6. The van der Waals surface area contributed by atoms with Crippen molar-refractivity contribution in [3.8, 4) is 5.75 Å². The minimum atomic E-state index is -0.530. The average molecular weight is 290 g/mol. The van der Waals surface area contributed by atoms with E-state index in [4.69, 9.17) is 4.74 Å². The van der Waals surface area contributed by atoms with E-state index in [1.807, 2.05) is 30.0 Å². The van der Waals surface area contributed by atoms with Gasteiger partial charge in [0.25, 0.3) is 0 Å². The second-order valence-corrected chi connectivity index (χ2v) is 5.91. The summed E-state index contributed by atoms with van der Waals surface area (Å²) in [7, 11) is 0. The average Bonchev–Trinajstić information content (AvgIpc) is 2.48. The summed E-state index contributed by atoms with van der Waals surface area (Å²) in [4.78, 5) is 15.5. The summed E-state index contributed by atoms with van der Waals surface area (Å²) < 4.78 is 5.81. The van der Waals surface area contributed by atoms with Crippen LogP contribution in [0.1, 0.15) is 24.2 Å². The Labute approximate surface area is 125 Å². The largest absolute Gasteiger partial charge is 0.491 e. The van der Waals surface area contributed by atoms with E-state index in [1.165, 1.54) is 0 Å². The highest BCUT2D eigenvalue weighted by Gasteiger charge is 2.35. The minimum absolute atomic E-state index is 0.0339. The Morgan fingerprint density at radius 3 is 2.67 bits per heavy atom. The van der Waals surface area contributed by atoms with Gasteiger partial charge >= 0.3 is 0 Å². The van der Waals surface area contributed by atoms with Gasteiger partial charge < -0.3 is 14.7 Å². The number of carbonyl (C=O) groups excluding carboxylic acids is 1. The first-order valence-corrected chi connectivity index (χ1v) is 7.47. The van der Waals surface area contributed by atoms with Crippen molar-refractivity contribution in [3.05, 3.63) is 29.3 Å². The number of aryl methyl sites for hydroxylation is 1. The van der Waals surface area contributed by atoms with E-state index in [0.717, 1.165) is 43.1 Å². The van der Waals surface area contributed by atoms with E-state index in [9.17, 15) is 9.90 Å². The Morgan fingerprint density at radius 1 is 1.29 bits per heavy atom. The first-order valence-electron chi connectivity index (χ1n) is 7.47. The molecule has 0 radical (unpaired) electrons. The van der Waals surface area contributed by atoms with Gasteiger partial charge in [0.2, 0.25) is 5.91 Å². The van der Waals surface area contributed by atoms with Gasteiger partial charge in [-0.15, -0.1) is 0 Å². The third kappa shape index (κ3) is 2.76. The number of piperazine rings is 1. The lowest BCUT2D eigenvalue weighted by atomic mass is 9.96. The van der Waals surface area contributed by atoms with Crippen molar-refractivity contribution < 1.29 is 14.6 Å². The summed E-state index contributed by atoms with van der Waals surface area (Å²) in [5.74, 6) is 0.905. The molecular formula is C16H22N2O3. The van der Waals surface area contributed by atoms with Crippen molar-refractivity contribution in [2.45, 2.75) is 26.0 Å². The highest BCUT2D eigenvalue weighted by Crippen LogP contribution is 2.35. The zero-order chi connectivity index (χ0) is 15.0. The van der Waals surface area contributed by atoms with Crippen molar-refractivity contribution in [1.29, 1.82) is 0 Å². The SMILES string of the molecule is CC(=O)N1CCN(C2COc3ccc(C)cc3C2O)CC1. The quantitative estimate of drug-likeness (QED) is 0.837. The van der Waals surface area contributed by atoms with Gasteiger partial charge in [0.05, 0.1) is 6.04 Å². The number of amides is 1. The van der Waals surface area contributed by atoms with Gasteiger partial charge in [-0.1, -0.05) is 11.6 Å². The maximum Gasteiger partial charge on any atom is 0.219 e. The van der Waals surface area contributed by atoms with Gasteiger partial charge in [0.1, 0.15) is 18.5 Å². The second-order valence-electron chi connectivity index (χ2n) is 5.91. The summed E-state index contributed by atoms with van der Waals surface area (Å²) in [6.07, 6.45) is -0.530. The van der Waals surface area contributed by atoms with Crippen LogP contribution in [0.3, 0.4) is 0 Å². The minimum Gasteiger partial charge on any atom is -0.491 e. The van der Waals surface area contributed by atoms with E-state index in [-0.39, 0.29) is 11.9 Å². The lowest BCUT2D eigenvalue weighted by Gasteiger charge is -2.42. The van der Waals surface area contributed by atoms with E-state index in [0.29, 0.717) is 6.61 Å². The molecule has 2 heterocycles. The molecule has 5 nitrogen and oxygen atoms in total. The van der Waals surface area contributed by atoms with Gasteiger partial charge in [0.15, 0.2) is 0 Å². The van der Waals surface area contributed by atoms with Gasteiger partial charge in [-0.2, -0.15) is 0 Å². The third-order valence-corrected chi connectivity index (χ3v) is 4.49. The smallest absolute Gasteiger partial charge is 0.219 e. The molecule has 1 N–H and O–H groups in total. The molecule has 2 aliphatic heterocycles. The number of carbonyl (C=O) groups is 1. The monoisotopic (exact) mass is 290 g/mol. The number of rotatable bonds is 1. The molecule has 0 aliphatic carbocycles. The van der Waals surface area contributed by atoms with Gasteiger partial charge in [-0.25, -0.2) is 0 Å². The molecule has 114 valence electrons. The molecule has 5 heteroatoms. The van der Waals surface area contributed by atoms with Crippen LogP contribution in [0.2, 0.25) is 0 Å².